The molecular weight excluding hydrogens is 570 g/mol. The third kappa shape index (κ3) is 6.73. The van der Waals surface area contributed by atoms with E-state index in [1.165, 1.54) is 23.5 Å². The molecule has 17 heteroatoms. The van der Waals surface area contributed by atoms with Crippen molar-refractivity contribution in [3.05, 3.63) is 53.1 Å². The third-order valence-electron chi connectivity index (χ3n) is 5.25. The molecule has 4 heterocycles. The van der Waals surface area contributed by atoms with E-state index in [1.54, 1.807) is 29.9 Å². The number of aromatic nitrogens is 3. The van der Waals surface area contributed by atoms with Crippen molar-refractivity contribution in [3.8, 4) is 0 Å². The van der Waals surface area contributed by atoms with Gasteiger partial charge in [0.05, 0.1) is 0 Å². The Labute approximate surface area is 233 Å². The number of carboxylic acid groups (broad SMARTS) is 2. The van der Waals surface area contributed by atoms with Crippen molar-refractivity contribution in [2.45, 2.75) is 29.2 Å². The molecule has 2 atom stereocenters. The number of nitrogens with two attached hydrogens (primary N) is 1. The molecule has 2 amide bonds. The third-order valence-corrected chi connectivity index (χ3v) is 7.88. The largest absolute Gasteiger partial charge is 0.481 e. The lowest BCUT2D eigenvalue weighted by molar-refractivity contribution is -0.150. The van der Waals surface area contributed by atoms with Crippen molar-refractivity contribution >= 4 is 69.7 Å². The van der Waals surface area contributed by atoms with E-state index >= 15 is 0 Å². The lowest BCUT2D eigenvalue weighted by Crippen LogP contribution is -2.71. The number of hydrogen-bond acceptors (Lipinski definition) is 13. The van der Waals surface area contributed by atoms with Gasteiger partial charge in [0, 0.05) is 41.0 Å². The second kappa shape index (κ2) is 12.7. The number of oxime groups is 1. The van der Waals surface area contributed by atoms with Crippen LogP contribution in [0.3, 0.4) is 0 Å². The van der Waals surface area contributed by atoms with E-state index in [-0.39, 0.29) is 41.8 Å². The number of amides is 2. The fraction of sp³-hybridized carbons (Fsp3) is 0.273. The van der Waals surface area contributed by atoms with Crippen LogP contribution in [0.1, 0.15) is 18.7 Å². The number of allylic oxidation sites excluding steroid dienone is 1. The molecule has 0 radical (unpaired) electrons. The van der Waals surface area contributed by atoms with Crippen LogP contribution in [0.4, 0.5) is 5.13 Å². The smallest absolute Gasteiger partial charge is 0.352 e. The van der Waals surface area contributed by atoms with Crippen LogP contribution in [0.15, 0.2) is 57.3 Å². The van der Waals surface area contributed by atoms with Crippen LogP contribution in [0.2, 0.25) is 0 Å². The van der Waals surface area contributed by atoms with Crippen LogP contribution in [0, 0.1) is 0 Å². The first kappa shape index (κ1) is 28.1. The van der Waals surface area contributed by atoms with Gasteiger partial charge in [-0.2, -0.15) is 9.36 Å². The molecule has 2 aromatic heterocycles. The number of nitrogen functional groups attached to an aromatic ring is 1. The Morgan fingerprint density at radius 3 is 2.85 bits per heavy atom. The number of aliphatic carboxylic acids is 2. The zero-order valence-corrected chi connectivity index (χ0v) is 22.4. The molecule has 1 unspecified atom stereocenters. The van der Waals surface area contributed by atoms with Crippen molar-refractivity contribution in [2.24, 2.45) is 5.16 Å². The van der Waals surface area contributed by atoms with Crippen molar-refractivity contribution in [1.82, 2.24) is 24.6 Å². The van der Waals surface area contributed by atoms with E-state index in [0.717, 1.165) is 21.3 Å². The molecule has 14 nitrogen and oxygen atoms in total. The molecule has 39 heavy (non-hydrogen) atoms. The SMILES string of the molecule is Nc1nc(/C(=N\OCCCC(=O)O)C(=O)NC2C(=O)N3C(C(=O)O)=C(/C=C/Sc4cccnc4)CS[C@H]23)ns1. The van der Waals surface area contributed by atoms with Gasteiger partial charge in [-0.05, 0) is 35.6 Å². The van der Waals surface area contributed by atoms with E-state index in [2.05, 4.69) is 24.8 Å². The summed E-state index contributed by atoms with van der Waals surface area (Å²) in [6, 6.07) is 2.62. The summed E-state index contributed by atoms with van der Waals surface area (Å²) in [4.78, 5) is 63.8. The first-order valence-corrected chi connectivity index (χ1v) is 13.9. The molecule has 0 aliphatic carbocycles. The van der Waals surface area contributed by atoms with Gasteiger partial charge >= 0.3 is 11.9 Å². The summed E-state index contributed by atoms with van der Waals surface area (Å²) < 4.78 is 3.95. The van der Waals surface area contributed by atoms with Crippen molar-refractivity contribution < 1.29 is 34.2 Å². The molecule has 0 spiro atoms. The lowest BCUT2D eigenvalue weighted by atomic mass is 10.0. The standard InChI is InChI=1S/C22H21N7O7S3/c23-22-26-17(28-39-22)14(27-36-7-2-4-13(30)31)18(32)25-15-19(33)29-16(21(34)35)11(10-38-20(15)29)5-8-37-12-3-1-6-24-9-12/h1,3,5-6,8-9,15,20H,2,4,7,10H2,(H,25,32)(H,30,31)(H,34,35)(H2,23,26,28)/b8-5+,27-14+/t15?,20-/m1/s1. The summed E-state index contributed by atoms with van der Waals surface area (Å²) in [6.07, 6.45) is 4.97. The number of nitrogens with zero attached hydrogens (tertiary/aromatic N) is 5. The van der Waals surface area contributed by atoms with Crippen molar-refractivity contribution in [2.75, 3.05) is 18.1 Å². The summed E-state index contributed by atoms with van der Waals surface area (Å²) >= 11 is 3.48. The number of β-lactam (4-membered cyclic amide) rings is 1. The van der Waals surface area contributed by atoms with Crippen LogP contribution in [-0.4, -0.2) is 82.7 Å². The fourth-order valence-corrected chi connectivity index (χ4v) is 5.93. The quantitative estimate of drug-likeness (QED) is 0.0898. The fourth-order valence-electron chi connectivity index (χ4n) is 3.51. The van der Waals surface area contributed by atoms with Gasteiger partial charge in [0.15, 0.2) is 5.13 Å². The van der Waals surface area contributed by atoms with Gasteiger partial charge in [-0.25, -0.2) is 4.79 Å². The number of thioether (sulfide) groups is 2. The molecule has 4 rings (SSSR count). The Morgan fingerprint density at radius 2 is 2.18 bits per heavy atom. The van der Waals surface area contributed by atoms with Crippen LogP contribution >= 0.6 is 35.1 Å². The lowest BCUT2D eigenvalue weighted by Gasteiger charge is -2.49. The number of hydrogen-bond donors (Lipinski definition) is 4. The molecule has 2 aliphatic heterocycles. The molecule has 5 N–H and O–H groups in total. The Balaban J connectivity index is 1.46. The highest BCUT2D eigenvalue weighted by atomic mass is 32.2. The zero-order chi connectivity index (χ0) is 27.9. The van der Waals surface area contributed by atoms with Gasteiger partial charge in [0.25, 0.3) is 11.8 Å². The highest BCUT2D eigenvalue weighted by molar-refractivity contribution is 8.02. The Bertz CT molecular complexity index is 1360. The molecule has 0 saturated carbocycles. The molecule has 1 saturated heterocycles. The molecule has 0 aromatic carbocycles. The predicted molar refractivity (Wildman–Crippen MR) is 143 cm³/mol. The Hall–Kier alpha value is -3.96. The van der Waals surface area contributed by atoms with Gasteiger partial charge in [0.1, 0.15) is 23.7 Å². The number of pyridine rings is 1. The average Bonchev–Trinajstić information content (AvgIpc) is 3.34. The molecule has 2 aromatic rings. The number of fused-ring (bicyclic) bond motifs is 1. The van der Waals surface area contributed by atoms with Crippen LogP contribution in [-0.2, 0) is 24.0 Å². The minimum atomic E-state index is -1.26. The summed E-state index contributed by atoms with van der Waals surface area (Å²) in [6.45, 7) is -0.0839. The molecule has 0 bridgehead atoms. The van der Waals surface area contributed by atoms with Gasteiger partial charge in [-0.3, -0.25) is 24.3 Å². The number of carbonyl (C=O) groups is 4. The van der Waals surface area contributed by atoms with Crippen LogP contribution < -0.4 is 11.1 Å². The van der Waals surface area contributed by atoms with Gasteiger partial charge < -0.3 is 26.1 Å². The van der Waals surface area contributed by atoms with Gasteiger partial charge in [-0.1, -0.05) is 16.9 Å². The summed E-state index contributed by atoms with van der Waals surface area (Å²) in [5.41, 5.74) is 5.57. The topological polar surface area (TPSA) is 210 Å². The normalized spacial score (nSPS) is 19.0. The number of nitrogens with one attached hydrogen (secondary N) is 1. The Kier molecular flexibility index (Phi) is 9.15. The molecule has 204 valence electrons. The molecular formula is C22H21N7O7S3. The van der Waals surface area contributed by atoms with E-state index in [0.29, 0.717) is 11.3 Å². The van der Waals surface area contributed by atoms with E-state index in [1.807, 2.05) is 6.07 Å². The van der Waals surface area contributed by atoms with Crippen molar-refractivity contribution in [3.63, 3.8) is 0 Å². The second-order valence-electron chi connectivity index (χ2n) is 7.88. The predicted octanol–water partition coefficient (Wildman–Crippen LogP) is 1.15. The van der Waals surface area contributed by atoms with Crippen LogP contribution in [0.5, 0.6) is 0 Å². The first-order valence-electron chi connectivity index (χ1n) is 11.2. The van der Waals surface area contributed by atoms with E-state index in [4.69, 9.17) is 15.7 Å². The number of carbonyl (C=O) groups excluding carboxylic acids is 2. The minimum Gasteiger partial charge on any atom is -0.481 e. The average molecular weight is 592 g/mol. The van der Waals surface area contributed by atoms with Crippen LogP contribution in [0.25, 0.3) is 0 Å². The second-order valence-corrected chi connectivity index (χ2v) is 10.7. The maximum atomic E-state index is 13.0. The van der Waals surface area contributed by atoms with Crippen molar-refractivity contribution in [1.29, 1.82) is 0 Å². The summed E-state index contributed by atoms with van der Waals surface area (Å²) in [5.74, 6) is -3.53. The highest BCUT2D eigenvalue weighted by Gasteiger charge is 2.54. The van der Waals surface area contributed by atoms with E-state index in [9.17, 15) is 24.3 Å². The number of anilines is 1. The maximum absolute atomic E-state index is 13.0. The summed E-state index contributed by atoms with van der Waals surface area (Å²) in [7, 11) is 0. The van der Waals surface area contributed by atoms with E-state index < -0.39 is 35.2 Å². The van der Waals surface area contributed by atoms with Gasteiger partial charge in [-0.15, -0.1) is 11.8 Å². The molecule has 1 fully saturated rings. The van der Waals surface area contributed by atoms with Gasteiger partial charge in [0.2, 0.25) is 11.5 Å². The first-order chi connectivity index (χ1) is 18.8. The summed E-state index contributed by atoms with van der Waals surface area (Å²) in [5, 5.41) is 26.0. The maximum Gasteiger partial charge on any atom is 0.352 e. The highest BCUT2D eigenvalue weighted by Crippen LogP contribution is 2.41. The molecule has 2 aliphatic rings. The minimum absolute atomic E-state index is 0.0728. The monoisotopic (exact) mass is 591 g/mol. The Morgan fingerprint density at radius 1 is 1.36 bits per heavy atom. The zero-order valence-electron chi connectivity index (χ0n) is 19.9. The number of carboxylic acids is 2. The number of rotatable bonds is 12.